The molecular formula is C18H26O2. The molecule has 1 aliphatic rings. The second-order valence-corrected chi connectivity index (χ2v) is 6.12. The van der Waals surface area contributed by atoms with Gasteiger partial charge < -0.3 is 4.74 Å². The van der Waals surface area contributed by atoms with Crippen LogP contribution in [0, 0.1) is 5.41 Å². The Bertz CT molecular complexity index is 426. The van der Waals surface area contributed by atoms with Crippen LogP contribution in [0.25, 0.3) is 0 Å². The molecule has 0 aromatic heterocycles. The first-order valence-electron chi connectivity index (χ1n) is 7.85. The van der Waals surface area contributed by atoms with Gasteiger partial charge in [0.1, 0.15) is 5.78 Å². The third-order valence-corrected chi connectivity index (χ3v) is 4.56. The van der Waals surface area contributed by atoms with E-state index in [1.807, 2.05) is 18.2 Å². The summed E-state index contributed by atoms with van der Waals surface area (Å²) in [6.07, 6.45) is 5.98. The van der Waals surface area contributed by atoms with Crippen LogP contribution in [0.5, 0.6) is 0 Å². The van der Waals surface area contributed by atoms with Crippen LogP contribution in [0.4, 0.5) is 0 Å². The normalized spacial score (nSPS) is 25.8. The number of unbranched alkanes of at least 4 members (excludes halogenated alkanes) is 1. The lowest BCUT2D eigenvalue weighted by atomic mass is 9.80. The highest BCUT2D eigenvalue weighted by molar-refractivity contribution is 5.85. The Labute approximate surface area is 122 Å². The van der Waals surface area contributed by atoms with Crippen molar-refractivity contribution in [3.05, 3.63) is 35.9 Å². The van der Waals surface area contributed by atoms with E-state index in [1.54, 1.807) is 0 Å². The lowest BCUT2D eigenvalue weighted by Crippen LogP contribution is -2.37. The first-order valence-corrected chi connectivity index (χ1v) is 7.85. The Balaban J connectivity index is 1.94. The van der Waals surface area contributed by atoms with Crippen molar-refractivity contribution in [2.24, 2.45) is 5.41 Å². The third-order valence-electron chi connectivity index (χ3n) is 4.56. The Morgan fingerprint density at radius 3 is 2.80 bits per heavy atom. The third kappa shape index (κ3) is 3.49. The fourth-order valence-corrected chi connectivity index (χ4v) is 3.11. The zero-order valence-corrected chi connectivity index (χ0v) is 12.7. The van der Waals surface area contributed by atoms with Crippen molar-refractivity contribution < 1.29 is 9.53 Å². The minimum absolute atomic E-state index is 0.0899. The van der Waals surface area contributed by atoms with Crippen LogP contribution < -0.4 is 0 Å². The summed E-state index contributed by atoms with van der Waals surface area (Å²) in [5, 5.41) is 0. The second kappa shape index (κ2) is 7.03. The van der Waals surface area contributed by atoms with Crippen molar-refractivity contribution in [2.45, 2.75) is 65.1 Å². The quantitative estimate of drug-likeness (QED) is 0.730. The summed E-state index contributed by atoms with van der Waals surface area (Å²) in [6.45, 7) is 4.85. The molecule has 2 heteroatoms. The van der Waals surface area contributed by atoms with E-state index in [-0.39, 0.29) is 11.5 Å². The summed E-state index contributed by atoms with van der Waals surface area (Å²) < 4.78 is 6.08. The Kier molecular flexibility index (Phi) is 5.36. The number of benzene rings is 1. The van der Waals surface area contributed by atoms with Crippen LogP contribution in [0.2, 0.25) is 0 Å². The molecule has 0 saturated heterocycles. The molecule has 1 fully saturated rings. The van der Waals surface area contributed by atoms with Crippen molar-refractivity contribution in [2.75, 3.05) is 0 Å². The molecule has 1 aromatic rings. The average molecular weight is 274 g/mol. The number of rotatable bonds is 7. The number of hydrogen-bond acceptors (Lipinski definition) is 2. The first-order chi connectivity index (χ1) is 9.66. The Morgan fingerprint density at radius 1 is 1.35 bits per heavy atom. The number of Topliss-reactive ketones (excluding diaryl/α,β-unsaturated/α-hetero) is 1. The smallest absolute Gasteiger partial charge is 0.141 e. The van der Waals surface area contributed by atoms with E-state index in [0.29, 0.717) is 18.8 Å². The molecule has 110 valence electrons. The van der Waals surface area contributed by atoms with Gasteiger partial charge in [-0.2, -0.15) is 0 Å². The molecule has 0 spiro atoms. The van der Waals surface area contributed by atoms with Crippen LogP contribution in [0.3, 0.4) is 0 Å². The maximum atomic E-state index is 12.5. The molecule has 0 amide bonds. The predicted octanol–water partition coefficient (Wildman–Crippen LogP) is 4.52. The maximum absolute atomic E-state index is 12.5. The molecular weight excluding hydrogens is 248 g/mol. The number of hydrogen-bond donors (Lipinski definition) is 0. The van der Waals surface area contributed by atoms with Gasteiger partial charge in [-0.05, 0) is 31.2 Å². The molecule has 20 heavy (non-hydrogen) atoms. The molecule has 2 nitrogen and oxygen atoms in total. The Morgan fingerprint density at radius 2 is 2.10 bits per heavy atom. The monoisotopic (exact) mass is 274 g/mol. The van der Waals surface area contributed by atoms with Gasteiger partial charge in [0, 0.05) is 6.42 Å². The minimum Gasteiger partial charge on any atom is -0.373 e. The largest absolute Gasteiger partial charge is 0.373 e. The molecule has 1 aromatic carbocycles. The zero-order valence-electron chi connectivity index (χ0n) is 12.7. The van der Waals surface area contributed by atoms with Crippen molar-refractivity contribution in [1.29, 1.82) is 0 Å². The average Bonchev–Trinajstić information content (AvgIpc) is 2.86. The van der Waals surface area contributed by atoms with Crippen LogP contribution in [0.15, 0.2) is 30.3 Å². The summed E-state index contributed by atoms with van der Waals surface area (Å²) >= 11 is 0. The van der Waals surface area contributed by atoms with Gasteiger partial charge in [0.2, 0.25) is 0 Å². The lowest BCUT2D eigenvalue weighted by Gasteiger charge is -2.30. The number of ether oxygens (including phenoxy) is 1. The van der Waals surface area contributed by atoms with E-state index < -0.39 is 0 Å². The van der Waals surface area contributed by atoms with Gasteiger partial charge in [-0.25, -0.2) is 0 Å². The fraction of sp³-hybridized carbons (Fsp3) is 0.611. The highest BCUT2D eigenvalue weighted by Crippen LogP contribution is 2.42. The minimum atomic E-state index is -0.260. The zero-order chi connectivity index (χ0) is 14.4. The van der Waals surface area contributed by atoms with Crippen LogP contribution in [-0.2, 0) is 16.1 Å². The van der Waals surface area contributed by atoms with Crippen LogP contribution >= 0.6 is 0 Å². The summed E-state index contributed by atoms with van der Waals surface area (Å²) in [5.41, 5.74) is 0.923. The summed E-state index contributed by atoms with van der Waals surface area (Å²) in [5.74, 6) is 0.398. The molecule has 2 rings (SSSR count). The SMILES string of the molecule is CCCCC(=O)[C@]1(C)CCC[C@@H]1OCc1ccccc1. The second-order valence-electron chi connectivity index (χ2n) is 6.12. The van der Waals surface area contributed by atoms with Crippen molar-refractivity contribution in [3.63, 3.8) is 0 Å². The van der Waals surface area contributed by atoms with Gasteiger partial charge in [0.05, 0.1) is 18.1 Å². The van der Waals surface area contributed by atoms with E-state index in [4.69, 9.17) is 4.74 Å². The number of carbonyl (C=O) groups excluding carboxylic acids is 1. The molecule has 0 aliphatic heterocycles. The molecule has 1 aliphatic carbocycles. The highest BCUT2D eigenvalue weighted by atomic mass is 16.5. The van der Waals surface area contributed by atoms with Crippen molar-refractivity contribution in [1.82, 2.24) is 0 Å². The molecule has 1 saturated carbocycles. The van der Waals surface area contributed by atoms with Gasteiger partial charge in [-0.3, -0.25) is 4.79 Å². The number of carbonyl (C=O) groups is 1. The van der Waals surface area contributed by atoms with E-state index in [1.165, 1.54) is 5.56 Å². The summed E-state index contributed by atoms with van der Waals surface area (Å²) in [7, 11) is 0. The van der Waals surface area contributed by atoms with Gasteiger partial charge in [0.25, 0.3) is 0 Å². The van der Waals surface area contributed by atoms with E-state index in [0.717, 1.165) is 32.1 Å². The maximum Gasteiger partial charge on any atom is 0.141 e. The van der Waals surface area contributed by atoms with Gasteiger partial charge >= 0.3 is 0 Å². The van der Waals surface area contributed by atoms with E-state index >= 15 is 0 Å². The molecule has 0 heterocycles. The molecule has 0 bridgehead atoms. The summed E-state index contributed by atoms with van der Waals surface area (Å²) in [6, 6.07) is 10.2. The van der Waals surface area contributed by atoms with Crippen LogP contribution in [-0.4, -0.2) is 11.9 Å². The number of ketones is 1. The van der Waals surface area contributed by atoms with Gasteiger partial charge in [-0.1, -0.05) is 50.6 Å². The van der Waals surface area contributed by atoms with Gasteiger partial charge in [0.15, 0.2) is 0 Å². The summed E-state index contributed by atoms with van der Waals surface area (Å²) in [4.78, 5) is 12.5. The Hall–Kier alpha value is -1.15. The molecule has 2 atom stereocenters. The predicted molar refractivity (Wildman–Crippen MR) is 81.5 cm³/mol. The van der Waals surface area contributed by atoms with E-state index in [9.17, 15) is 4.79 Å². The van der Waals surface area contributed by atoms with E-state index in [2.05, 4.69) is 26.0 Å². The van der Waals surface area contributed by atoms with Crippen LogP contribution in [0.1, 0.15) is 57.9 Å². The first kappa shape index (κ1) is 15.2. The molecule has 0 radical (unpaired) electrons. The topological polar surface area (TPSA) is 26.3 Å². The van der Waals surface area contributed by atoms with Crippen molar-refractivity contribution in [3.8, 4) is 0 Å². The lowest BCUT2D eigenvalue weighted by molar-refractivity contribution is -0.136. The fourth-order valence-electron chi connectivity index (χ4n) is 3.11. The van der Waals surface area contributed by atoms with Gasteiger partial charge in [-0.15, -0.1) is 0 Å². The molecule has 0 unspecified atom stereocenters. The standard InChI is InChI=1S/C18H26O2/c1-3-4-11-16(19)18(2)13-8-12-17(18)20-14-15-9-6-5-7-10-15/h5-7,9-10,17H,3-4,8,11-14H2,1-2H3/t17-,18-/m0/s1. The highest BCUT2D eigenvalue weighted by Gasteiger charge is 2.44. The van der Waals surface area contributed by atoms with Crippen molar-refractivity contribution >= 4 is 5.78 Å². The molecule has 0 N–H and O–H groups in total.